The van der Waals surface area contributed by atoms with Gasteiger partial charge in [-0.05, 0) is 12.1 Å². The number of alkyl halides is 3. The van der Waals surface area contributed by atoms with Crippen molar-refractivity contribution in [1.29, 1.82) is 0 Å². The van der Waals surface area contributed by atoms with E-state index in [9.17, 15) is 18.0 Å². The predicted octanol–water partition coefficient (Wildman–Crippen LogP) is 2.31. The predicted molar refractivity (Wildman–Crippen MR) is 56.8 cm³/mol. The van der Waals surface area contributed by atoms with Crippen LogP contribution in [0, 0.1) is 0 Å². The Bertz CT molecular complexity index is 572. The number of benzene rings is 1. The molecule has 1 aromatic heterocycles. The lowest BCUT2D eigenvalue weighted by atomic mass is 10.1. The minimum atomic E-state index is -4.38. The number of aldehydes is 1. The molecule has 0 aliphatic heterocycles. The van der Waals surface area contributed by atoms with Gasteiger partial charge >= 0.3 is 6.18 Å². The molecule has 0 atom stereocenters. The molecule has 2 rings (SSSR count). The highest BCUT2D eigenvalue weighted by Gasteiger charge is 2.30. The second-order valence-corrected chi connectivity index (χ2v) is 3.64. The maximum Gasteiger partial charge on any atom is 0.416 e. The molecule has 2 aromatic rings. The van der Waals surface area contributed by atoms with E-state index in [1.807, 2.05) is 0 Å². The molecule has 0 fully saturated rings. The van der Waals surface area contributed by atoms with E-state index >= 15 is 0 Å². The van der Waals surface area contributed by atoms with Crippen LogP contribution in [0.4, 0.5) is 13.2 Å². The monoisotopic (exact) mass is 255 g/mol. The molecule has 0 saturated carbocycles. The topological polar surface area (TPSA) is 47.8 Å². The van der Waals surface area contributed by atoms with Crippen molar-refractivity contribution in [2.45, 2.75) is 6.18 Å². The first-order valence-corrected chi connectivity index (χ1v) is 4.96. The zero-order valence-corrected chi connectivity index (χ0v) is 9.27. The molecule has 0 N–H and O–H groups in total. The Hall–Kier alpha value is -2.18. The summed E-state index contributed by atoms with van der Waals surface area (Å²) in [7, 11) is 1.56. The fraction of sp³-hybridized carbons (Fsp3) is 0.182. The van der Waals surface area contributed by atoms with Crippen LogP contribution in [0.2, 0.25) is 0 Å². The summed E-state index contributed by atoms with van der Waals surface area (Å²) < 4.78 is 38.5. The van der Waals surface area contributed by atoms with Crippen molar-refractivity contribution in [3.63, 3.8) is 0 Å². The molecular weight excluding hydrogens is 247 g/mol. The van der Waals surface area contributed by atoms with Crippen molar-refractivity contribution in [1.82, 2.24) is 15.0 Å². The third-order valence-corrected chi connectivity index (χ3v) is 2.45. The van der Waals surface area contributed by atoms with Crippen LogP contribution < -0.4 is 0 Å². The van der Waals surface area contributed by atoms with E-state index in [0.717, 1.165) is 12.1 Å². The van der Waals surface area contributed by atoms with Crippen molar-refractivity contribution in [2.75, 3.05) is 0 Å². The highest BCUT2D eigenvalue weighted by Crippen LogP contribution is 2.31. The number of hydrogen-bond acceptors (Lipinski definition) is 3. The average Bonchev–Trinajstić information content (AvgIpc) is 2.69. The molecule has 0 saturated heterocycles. The number of aryl methyl sites for hydroxylation is 1. The fourth-order valence-electron chi connectivity index (χ4n) is 1.60. The van der Waals surface area contributed by atoms with Gasteiger partial charge in [0.25, 0.3) is 0 Å². The van der Waals surface area contributed by atoms with Crippen molar-refractivity contribution in [3.05, 3.63) is 35.5 Å². The zero-order valence-electron chi connectivity index (χ0n) is 9.27. The van der Waals surface area contributed by atoms with Gasteiger partial charge in [-0.15, -0.1) is 5.10 Å². The first kappa shape index (κ1) is 12.3. The number of hydrogen-bond donors (Lipinski definition) is 0. The summed E-state index contributed by atoms with van der Waals surface area (Å²) in [5, 5.41) is 7.25. The summed E-state index contributed by atoms with van der Waals surface area (Å²) in [4.78, 5) is 10.7. The molecule has 0 radical (unpaired) electrons. The van der Waals surface area contributed by atoms with Gasteiger partial charge in [0, 0.05) is 12.6 Å². The molecule has 18 heavy (non-hydrogen) atoms. The Balaban J connectivity index is 2.46. The molecule has 0 spiro atoms. The van der Waals surface area contributed by atoms with Gasteiger partial charge in [0.15, 0.2) is 12.0 Å². The SMILES string of the molecule is Cn1nnc(C=O)c1-c1ccc(C(F)(F)F)cc1. The Morgan fingerprint density at radius 2 is 1.83 bits per heavy atom. The third-order valence-electron chi connectivity index (χ3n) is 2.45. The molecule has 0 aliphatic carbocycles. The van der Waals surface area contributed by atoms with E-state index in [4.69, 9.17) is 0 Å². The molecular formula is C11H8F3N3O. The van der Waals surface area contributed by atoms with Gasteiger partial charge in [-0.3, -0.25) is 4.79 Å². The minimum absolute atomic E-state index is 0.0947. The van der Waals surface area contributed by atoms with E-state index in [1.165, 1.54) is 16.8 Å². The standard InChI is InChI=1S/C11H8F3N3O/c1-17-10(9(6-18)15-16-17)7-2-4-8(5-3-7)11(12,13)14/h2-6H,1H3. The van der Waals surface area contributed by atoms with Crippen LogP contribution in [0.5, 0.6) is 0 Å². The lowest BCUT2D eigenvalue weighted by molar-refractivity contribution is -0.137. The number of nitrogens with zero attached hydrogens (tertiary/aromatic N) is 3. The third kappa shape index (κ3) is 2.11. The van der Waals surface area contributed by atoms with Crippen molar-refractivity contribution < 1.29 is 18.0 Å². The fourth-order valence-corrected chi connectivity index (χ4v) is 1.60. The van der Waals surface area contributed by atoms with Crippen LogP contribution in [0.15, 0.2) is 24.3 Å². The first-order chi connectivity index (χ1) is 8.43. The van der Waals surface area contributed by atoms with Gasteiger partial charge in [0.05, 0.1) is 11.3 Å². The van der Waals surface area contributed by atoms with Crippen LogP contribution in [-0.4, -0.2) is 21.3 Å². The van der Waals surface area contributed by atoms with Gasteiger partial charge in [0.2, 0.25) is 0 Å². The lowest BCUT2D eigenvalue weighted by Gasteiger charge is -2.07. The Kier molecular flexibility index (Phi) is 2.90. The number of carbonyl (C=O) groups is 1. The van der Waals surface area contributed by atoms with E-state index in [1.54, 1.807) is 7.05 Å². The number of halogens is 3. The summed E-state index contributed by atoms with van der Waals surface area (Å²) in [5.74, 6) is 0. The minimum Gasteiger partial charge on any atom is -0.296 e. The van der Waals surface area contributed by atoms with Crippen LogP contribution in [0.1, 0.15) is 16.1 Å². The molecule has 4 nitrogen and oxygen atoms in total. The average molecular weight is 255 g/mol. The van der Waals surface area contributed by atoms with Crippen molar-refractivity contribution >= 4 is 6.29 Å². The summed E-state index contributed by atoms with van der Waals surface area (Å²) >= 11 is 0. The number of carbonyl (C=O) groups excluding carboxylic acids is 1. The van der Waals surface area contributed by atoms with Gasteiger partial charge in [0.1, 0.15) is 0 Å². The second-order valence-electron chi connectivity index (χ2n) is 3.64. The van der Waals surface area contributed by atoms with Gasteiger partial charge in [-0.1, -0.05) is 17.3 Å². The first-order valence-electron chi connectivity index (χ1n) is 4.96. The smallest absolute Gasteiger partial charge is 0.296 e. The Morgan fingerprint density at radius 3 is 2.33 bits per heavy atom. The summed E-state index contributed by atoms with van der Waals surface area (Å²) in [6.45, 7) is 0. The normalized spacial score (nSPS) is 11.6. The number of aromatic nitrogens is 3. The molecule has 1 heterocycles. The molecule has 94 valence electrons. The van der Waals surface area contributed by atoms with Gasteiger partial charge < -0.3 is 0 Å². The summed E-state index contributed by atoms with van der Waals surface area (Å²) in [6, 6.07) is 4.48. The molecule has 0 amide bonds. The van der Waals surface area contributed by atoms with Gasteiger partial charge in [-0.25, -0.2) is 4.68 Å². The Morgan fingerprint density at radius 1 is 1.22 bits per heavy atom. The lowest BCUT2D eigenvalue weighted by Crippen LogP contribution is -2.04. The molecule has 0 unspecified atom stereocenters. The van der Waals surface area contributed by atoms with Crippen LogP contribution in [-0.2, 0) is 13.2 Å². The van der Waals surface area contributed by atoms with Crippen LogP contribution in [0.25, 0.3) is 11.3 Å². The zero-order chi connectivity index (χ0) is 13.3. The van der Waals surface area contributed by atoms with Gasteiger partial charge in [-0.2, -0.15) is 13.2 Å². The van der Waals surface area contributed by atoms with E-state index in [0.29, 0.717) is 17.5 Å². The highest BCUT2D eigenvalue weighted by atomic mass is 19.4. The Labute approximate surface area is 100 Å². The quantitative estimate of drug-likeness (QED) is 0.774. The van der Waals surface area contributed by atoms with Crippen molar-refractivity contribution in [2.24, 2.45) is 7.05 Å². The van der Waals surface area contributed by atoms with Crippen molar-refractivity contribution in [3.8, 4) is 11.3 Å². The molecule has 7 heteroatoms. The van der Waals surface area contributed by atoms with Crippen LogP contribution in [0.3, 0.4) is 0 Å². The van der Waals surface area contributed by atoms with E-state index in [-0.39, 0.29) is 5.69 Å². The van der Waals surface area contributed by atoms with Crippen LogP contribution >= 0.6 is 0 Å². The maximum absolute atomic E-state index is 12.4. The number of rotatable bonds is 2. The highest BCUT2D eigenvalue weighted by molar-refractivity contribution is 5.83. The maximum atomic E-state index is 12.4. The summed E-state index contributed by atoms with van der Waals surface area (Å²) in [6.07, 6.45) is -3.86. The second kappa shape index (κ2) is 4.25. The molecule has 0 bridgehead atoms. The van der Waals surface area contributed by atoms with E-state index in [2.05, 4.69) is 10.3 Å². The molecule has 0 aliphatic rings. The molecule has 1 aromatic carbocycles. The summed E-state index contributed by atoms with van der Waals surface area (Å²) in [5.41, 5.74) is 0.197. The largest absolute Gasteiger partial charge is 0.416 e. The van der Waals surface area contributed by atoms with E-state index < -0.39 is 11.7 Å².